The fourth-order valence-electron chi connectivity index (χ4n) is 2.41. The summed E-state index contributed by atoms with van der Waals surface area (Å²) in [4.78, 5) is 0. The third-order valence-corrected chi connectivity index (χ3v) is 4.59. The van der Waals surface area contributed by atoms with Crippen molar-refractivity contribution in [2.75, 3.05) is 11.5 Å². The molecule has 1 aliphatic carbocycles. The summed E-state index contributed by atoms with van der Waals surface area (Å²) in [5, 5.41) is 0. The van der Waals surface area contributed by atoms with E-state index in [4.69, 9.17) is 0 Å². The van der Waals surface area contributed by atoms with Crippen LogP contribution < -0.4 is 0 Å². The maximum absolute atomic E-state index is 2.40. The van der Waals surface area contributed by atoms with Gasteiger partial charge in [0.1, 0.15) is 0 Å². The predicted molar refractivity (Wildman–Crippen MR) is 47.3 cm³/mol. The number of thioether (sulfide) groups is 1. The fraction of sp³-hybridized carbons (Fsp3) is 1.00. The Bertz CT molecular complexity index is 142. The van der Waals surface area contributed by atoms with E-state index in [1.54, 1.807) is 0 Å². The summed E-state index contributed by atoms with van der Waals surface area (Å²) in [5.74, 6) is 4.93. The maximum Gasteiger partial charge on any atom is -0.00335 e. The number of hydrogen-bond acceptors (Lipinski definition) is 1. The van der Waals surface area contributed by atoms with Gasteiger partial charge in [-0.3, -0.25) is 0 Å². The molecular weight excluding hydrogens is 140 g/mol. The summed E-state index contributed by atoms with van der Waals surface area (Å²) < 4.78 is 0. The van der Waals surface area contributed by atoms with E-state index in [1.165, 1.54) is 24.3 Å². The molecule has 10 heavy (non-hydrogen) atoms. The van der Waals surface area contributed by atoms with Gasteiger partial charge in [-0.25, -0.2) is 0 Å². The Labute approximate surface area is 67.8 Å². The second-order valence-corrected chi connectivity index (χ2v) is 5.26. The minimum atomic E-state index is 0.825. The Hall–Kier alpha value is 0.350. The summed E-state index contributed by atoms with van der Waals surface area (Å²) in [6.07, 6.45) is 3.04. The summed E-state index contributed by atoms with van der Waals surface area (Å²) in [6.45, 7) is 4.80. The lowest BCUT2D eigenvalue weighted by molar-refractivity contribution is 0.318. The van der Waals surface area contributed by atoms with Gasteiger partial charge in [0.25, 0.3) is 0 Å². The second-order valence-electron chi connectivity index (χ2n) is 4.11. The van der Waals surface area contributed by atoms with Crippen molar-refractivity contribution >= 4 is 11.8 Å². The molecule has 0 nitrogen and oxygen atoms in total. The van der Waals surface area contributed by atoms with Crippen LogP contribution in [0.5, 0.6) is 0 Å². The van der Waals surface area contributed by atoms with Crippen molar-refractivity contribution in [3.05, 3.63) is 0 Å². The molecule has 0 amide bonds. The van der Waals surface area contributed by atoms with Crippen molar-refractivity contribution in [2.24, 2.45) is 17.3 Å². The molecule has 1 saturated carbocycles. The maximum atomic E-state index is 2.40. The zero-order valence-electron chi connectivity index (χ0n) is 6.89. The molecule has 2 atom stereocenters. The van der Waals surface area contributed by atoms with E-state index in [-0.39, 0.29) is 0 Å². The van der Waals surface area contributed by atoms with E-state index in [9.17, 15) is 0 Å². The van der Waals surface area contributed by atoms with Gasteiger partial charge >= 0.3 is 0 Å². The molecule has 2 unspecified atom stereocenters. The second kappa shape index (κ2) is 2.17. The van der Waals surface area contributed by atoms with Gasteiger partial charge in [-0.05, 0) is 41.6 Å². The van der Waals surface area contributed by atoms with Crippen LogP contribution in [0.15, 0.2) is 0 Å². The monoisotopic (exact) mass is 156 g/mol. The van der Waals surface area contributed by atoms with E-state index in [0.717, 1.165) is 17.3 Å². The molecule has 0 N–H and O–H groups in total. The van der Waals surface area contributed by atoms with Gasteiger partial charge in [-0.2, -0.15) is 11.8 Å². The first-order valence-electron chi connectivity index (χ1n) is 4.33. The average Bonchev–Trinajstić information content (AvgIpc) is 2.61. The molecule has 2 rings (SSSR count). The van der Waals surface area contributed by atoms with Gasteiger partial charge in [0, 0.05) is 0 Å². The summed E-state index contributed by atoms with van der Waals surface area (Å²) in [6, 6.07) is 0. The summed E-state index contributed by atoms with van der Waals surface area (Å²) in [7, 11) is 0. The smallest absolute Gasteiger partial charge is 0.00335 e. The molecule has 0 aromatic heterocycles. The minimum absolute atomic E-state index is 0.825. The molecule has 0 spiro atoms. The zero-order chi connectivity index (χ0) is 7.19. The molecule has 0 aromatic rings. The summed E-state index contributed by atoms with van der Waals surface area (Å²) >= 11 is 2.16. The first-order chi connectivity index (χ1) is 4.76. The summed E-state index contributed by atoms with van der Waals surface area (Å²) in [5.41, 5.74) is 0.825. The van der Waals surface area contributed by atoms with E-state index >= 15 is 0 Å². The van der Waals surface area contributed by atoms with Crippen molar-refractivity contribution in [3.63, 3.8) is 0 Å². The molecular formula is C9H16S. The molecule has 1 saturated heterocycles. The van der Waals surface area contributed by atoms with Gasteiger partial charge in [0.15, 0.2) is 0 Å². The highest BCUT2D eigenvalue weighted by atomic mass is 32.2. The van der Waals surface area contributed by atoms with E-state index < -0.39 is 0 Å². The minimum Gasteiger partial charge on any atom is -0.162 e. The Morgan fingerprint density at radius 3 is 2.80 bits per heavy atom. The van der Waals surface area contributed by atoms with Gasteiger partial charge in [0.2, 0.25) is 0 Å². The number of hydrogen-bond donors (Lipinski definition) is 0. The largest absolute Gasteiger partial charge is 0.162 e. The molecule has 1 aliphatic heterocycles. The standard InChI is InChI=1S/C9H16S/c1-7(2)9-3-4-10-6-8(9)5-9/h7-8H,3-6H2,1-2H3. The highest BCUT2D eigenvalue weighted by Gasteiger charge is 2.56. The normalized spacial score (nSPS) is 45.3. The Kier molecular flexibility index (Phi) is 1.52. The van der Waals surface area contributed by atoms with Gasteiger partial charge < -0.3 is 0 Å². The van der Waals surface area contributed by atoms with Crippen LogP contribution in [-0.2, 0) is 0 Å². The zero-order valence-corrected chi connectivity index (χ0v) is 7.71. The molecule has 2 aliphatic rings. The van der Waals surface area contributed by atoms with E-state index in [0.29, 0.717) is 0 Å². The van der Waals surface area contributed by atoms with Crippen LogP contribution in [0.3, 0.4) is 0 Å². The Balaban J connectivity index is 2.05. The first kappa shape index (κ1) is 7.02. The third-order valence-electron chi connectivity index (χ3n) is 3.46. The third kappa shape index (κ3) is 0.827. The molecule has 0 aromatic carbocycles. The van der Waals surface area contributed by atoms with Crippen LogP contribution >= 0.6 is 11.8 Å². The lowest BCUT2D eigenvalue weighted by Gasteiger charge is -2.25. The molecule has 1 heterocycles. The van der Waals surface area contributed by atoms with Crippen molar-refractivity contribution in [1.82, 2.24) is 0 Å². The van der Waals surface area contributed by atoms with Crippen molar-refractivity contribution in [3.8, 4) is 0 Å². The highest BCUT2D eigenvalue weighted by Crippen LogP contribution is 2.63. The van der Waals surface area contributed by atoms with Crippen molar-refractivity contribution in [2.45, 2.75) is 26.7 Å². The predicted octanol–water partition coefficient (Wildman–Crippen LogP) is 2.79. The molecule has 0 radical (unpaired) electrons. The Morgan fingerprint density at radius 1 is 1.50 bits per heavy atom. The SMILES string of the molecule is CC(C)C12CCSCC1C2. The van der Waals surface area contributed by atoms with Crippen LogP contribution in [0.4, 0.5) is 0 Å². The van der Waals surface area contributed by atoms with Crippen LogP contribution in [-0.4, -0.2) is 11.5 Å². The molecule has 0 bridgehead atoms. The van der Waals surface area contributed by atoms with Crippen LogP contribution in [0.25, 0.3) is 0 Å². The van der Waals surface area contributed by atoms with Crippen LogP contribution in [0.2, 0.25) is 0 Å². The highest BCUT2D eigenvalue weighted by molar-refractivity contribution is 7.99. The lowest BCUT2D eigenvalue weighted by atomic mass is 9.87. The molecule has 1 heteroatoms. The van der Waals surface area contributed by atoms with E-state index in [1.807, 2.05) is 0 Å². The van der Waals surface area contributed by atoms with Crippen molar-refractivity contribution < 1.29 is 0 Å². The van der Waals surface area contributed by atoms with Gasteiger partial charge in [0.05, 0.1) is 0 Å². The van der Waals surface area contributed by atoms with Gasteiger partial charge in [-0.1, -0.05) is 13.8 Å². The van der Waals surface area contributed by atoms with E-state index in [2.05, 4.69) is 25.6 Å². The molecule has 58 valence electrons. The van der Waals surface area contributed by atoms with Crippen LogP contribution in [0.1, 0.15) is 26.7 Å². The number of fused-ring (bicyclic) bond motifs is 1. The molecule has 2 fully saturated rings. The topological polar surface area (TPSA) is 0 Å². The van der Waals surface area contributed by atoms with Gasteiger partial charge in [-0.15, -0.1) is 0 Å². The Morgan fingerprint density at radius 2 is 2.30 bits per heavy atom. The average molecular weight is 156 g/mol. The number of rotatable bonds is 1. The fourth-order valence-corrected chi connectivity index (χ4v) is 3.84. The lowest BCUT2D eigenvalue weighted by Crippen LogP contribution is -2.18. The quantitative estimate of drug-likeness (QED) is 0.562. The van der Waals surface area contributed by atoms with Crippen LogP contribution in [0, 0.1) is 17.3 Å². The first-order valence-corrected chi connectivity index (χ1v) is 5.49. The van der Waals surface area contributed by atoms with Crippen molar-refractivity contribution in [1.29, 1.82) is 0 Å².